The van der Waals surface area contributed by atoms with E-state index in [9.17, 15) is 9.59 Å². The Bertz CT molecular complexity index is 553. The number of ether oxygens (including phenoxy) is 1. The van der Waals surface area contributed by atoms with Crippen LogP contribution in [-0.2, 0) is 4.79 Å². The van der Waals surface area contributed by atoms with Crippen molar-refractivity contribution in [3.63, 3.8) is 0 Å². The Hall–Kier alpha value is -1.75. The first-order valence-electron chi connectivity index (χ1n) is 6.84. The minimum atomic E-state index is -0.897. The number of halogens is 1. The Morgan fingerprint density at radius 3 is 2.62 bits per heavy atom. The lowest BCUT2D eigenvalue weighted by molar-refractivity contribution is -0.138. The van der Waals surface area contributed by atoms with Crippen molar-refractivity contribution in [2.75, 3.05) is 7.11 Å². The largest absolute Gasteiger partial charge is 0.495 e. The smallest absolute Gasteiger partial charge is 0.305 e. The summed E-state index contributed by atoms with van der Waals surface area (Å²) < 4.78 is 5.09. The average molecular weight is 312 g/mol. The summed E-state index contributed by atoms with van der Waals surface area (Å²) >= 11 is 5.93. The maximum Gasteiger partial charge on any atom is 0.305 e. The van der Waals surface area contributed by atoms with E-state index in [-0.39, 0.29) is 12.3 Å². The van der Waals surface area contributed by atoms with E-state index in [1.54, 1.807) is 18.2 Å². The molecule has 5 nitrogen and oxygen atoms in total. The highest BCUT2D eigenvalue weighted by Gasteiger charge is 2.37. The molecule has 0 atom stereocenters. The summed E-state index contributed by atoms with van der Waals surface area (Å²) in [5.41, 5.74) is -0.233. The maximum atomic E-state index is 12.4. The van der Waals surface area contributed by atoms with Crippen LogP contribution in [0.2, 0.25) is 5.02 Å². The highest BCUT2D eigenvalue weighted by atomic mass is 35.5. The molecule has 2 N–H and O–H groups in total. The number of nitrogens with one attached hydrogen (secondary N) is 1. The van der Waals surface area contributed by atoms with Crippen molar-refractivity contribution in [1.82, 2.24) is 5.32 Å². The van der Waals surface area contributed by atoms with E-state index in [4.69, 9.17) is 21.4 Å². The molecule has 2 rings (SSSR count). The summed E-state index contributed by atoms with van der Waals surface area (Å²) in [5.74, 6) is -0.776. The molecular weight excluding hydrogens is 294 g/mol. The van der Waals surface area contributed by atoms with Crippen LogP contribution in [0.1, 0.15) is 42.5 Å². The van der Waals surface area contributed by atoms with Crippen molar-refractivity contribution in [3.05, 3.63) is 28.8 Å². The van der Waals surface area contributed by atoms with Crippen LogP contribution in [0.5, 0.6) is 5.75 Å². The van der Waals surface area contributed by atoms with Gasteiger partial charge in [0.2, 0.25) is 0 Å². The zero-order valence-corrected chi connectivity index (χ0v) is 12.6. The Labute approximate surface area is 128 Å². The second-order valence-electron chi connectivity index (χ2n) is 5.36. The quantitative estimate of drug-likeness (QED) is 0.876. The third-order valence-corrected chi connectivity index (χ3v) is 4.15. The second kappa shape index (κ2) is 6.35. The lowest BCUT2D eigenvalue weighted by Gasteiger charge is -2.28. The second-order valence-corrected chi connectivity index (χ2v) is 5.77. The van der Waals surface area contributed by atoms with Crippen LogP contribution in [0.15, 0.2) is 18.2 Å². The van der Waals surface area contributed by atoms with E-state index < -0.39 is 11.5 Å². The summed E-state index contributed by atoms with van der Waals surface area (Å²) in [6, 6.07) is 4.75. The van der Waals surface area contributed by atoms with Crippen molar-refractivity contribution in [2.45, 2.75) is 37.6 Å². The van der Waals surface area contributed by atoms with Gasteiger partial charge in [0.25, 0.3) is 5.91 Å². The molecule has 1 aromatic rings. The third kappa shape index (κ3) is 3.67. The molecule has 0 aliphatic heterocycles. The van der Waals surface area contributed by atoms with Gasteiger partial charge in [-0.25, -0.2) is 0 Å². The molecule has 114 valence electrons. The van der Waals surface area contributed by atoms with Gasteiger partial charge >= 0.3 is 5.97 Å². The third-order valence-electron chi connectivity index (χ3n) is 3.84. The van der Waals surface area contributed by atoms with Crippen LogP contribution in [0.25, 0.3) is 0 Å². The molecule has 0 bridgehead atoms. The maximum absolute atomic E-state index is 12.4. The number of methoxy groups -OCH3 is 1. The molecule has 0 aromatic heterocycles. The Balaban J connectivity index is 2.17. The van der Waals surface area contributed by atoms with Gasteiger partial charge in [0.05, 0.1) is 24.1 Å². The fraction of sp³-hybridized carbons (Fsp3) is 0.467. The van der Waals surface area contributed by atoms with E-state index in [0.29, 0.717) is 29.2 Å². The van der Waals surface area contributed by atoms with Crippen molar-refractivity contribution in [1.29, 1.82) is 0 Å². The van der Waals surface area contributed by atoms with Crippen LogP contribution in [0, 0.1) is 0 Å². The van der Waals surface area contributed by atoms with Crippen LogP contribution < -0.4 is 10.1 Å². The van der Waals surface area contributed by atoms with E-state index in [2.05, 4.69) is 5.32 Å². The molecule has 1 aliphatic rings. The van der Waals surface area contributed by atoms with Gasteiger partial charge in [0.15, 0.2) is 0 Å². The number of carboxylic acid groups (broad SMARTS) is 1. The molecule has 0 radical (unpaired) electrons. The minimum Gasteiger partial charge on any atom is -0.495 e. The first kappa shape index (κ1) is 15.6. The van der Waals surface area contributed by atoms with E-state index >= 15 is 0 Å². The number of carboxylic acids is 1. The van der Waals surface area contributed by atoms with Gasteiger partial charge in [-0.3, -0.25) is 9.59 Å². The fourth-order valence-electron chi connectivity index (χ4n) is 2.80. The molecule has 6 heteroatoms. The number of carbonyl (C=O) groups is 2. The number of hydrogen-bond acceptors (Lipinski definition) is 3. The van der Waals surface area contributed by atoms with Crippen LogP contribution in [-0.4, -0.2) is 29.6 Å². The van der Waals surface area contributed by atoms with E-state index in [1.807, 2.05) is 0 Å². The summed E-state index contributed by atoms with van der Waals surface area (Å²) in [7, 11) is 1.48. The highest BCUT2D eigenvalue weighted by molar-refractivity contribution is 6.32. The average Bonchev–Trinajstić information content (AvgIpc) is 2.86. The fourth-order valence-corrected chi connectivity index (χ4v) is 3.00. The molecule has 1 saturated carbocycles. The van der Waals surface area contributed by atoms with Gasteiger partial charge in [-0.1, -0.05) is 24.4 Å². The first-order valence-corrected chi connectivity index (χ1v) is 7.21. The first-order chi connectivity index (χ1) is 9.96. The standard InChI is InChI=1S/C15H18ClNO4/c1-21-12-8-10(4-5-11(12)16)14(20)17-15(9-13(18)19)6-2-3-7-15/h4-5,8H,2-3,6-7,9H2,1H3,(H,17,20)(H,18,19). The number of aliphatic carboxylic acids is 1. The normalized spacial score (nSPS) is 16.5. The van der Waals surface area contributed by atoms with Gasteiger partial charge < -0.3 is 15.2 Å². The monoisotopic (exact) mass is 311 g/mol. The molecule has 21 heavy (non-hydrogen) atoms. The predicted octanol–water partition coefficient (Wildman–Crippen LogP) is 2.87. The highest BCUT2D eigenvalue weighted by Crippen LogP contribution is 2.33. The zero-order chi connectivity index (χ0) is 15.5. The molecule has 1 fully saturated rings. The summed E-state index contributed by atoms with van der Waals surface area (Å²) in [5, 5.41) is 12.4. The van der Waals surface area contributed by atoms with Crippen molar-refractivity contribution >= 4 is 23.5 Å². The Morgan fingerprint density at radius 2 is 2.05 bits per heavy atom. The predicted molar refractivity (Wildman–Crippen MR) is 78.9 cm³/mol. The topological polar surface area (TPSA) is 75.6 Å². The number of hydrogen-bond donors (Lipinski definition) is 2. The number of benzene rings is 1. The molecule has 1 aromatic carbocycles. The Kier molecular flexibility index (Phi) is 4.73. The van der Waals surface area contributed by atoms with Gasteiger partial charge in [0, 0.05) is 5.56 Å². The number of amides is 1. The van der Waals surface area contributed by atoms with Crippen molar-refractivity contribution in [2.24, 2.45) is 0 Å². The van der Waals surface area contributed by atoms with Crippen molar-refractivity contribution in [3.8, 4) is 5.75 Å². The van der Waals surface area contributed by atoms with Crippen LogP contribution in [0.3, 0.4) is 0 Å². The SMILES string of the molecule is COc1cc(C(=O)NC2(CC(=O)O)CCCC2)ccc1Cl. The number of carbonyl (C=O) groups excluding carboxylic acids is 1. The summed E-state index contributed by atoms with van der Waals surface area (Å²) in [6.07, 6.45) is 3.18. The van der Waals surface area contributed by atoms with Crippen molar-refractivity contribution < 1.29 is 19.4 Å². The summed E-state index contributed by atoms with van der Waals surface area (Å²) in [4.78, 5) is 23.4. The molecule has 1 aliphatic carbocycles. The molecule has 1 amide bonds. The summed E-state index contributed by atoms with van der Waals surface area (Å²) in [6.45, 7) is 0. The number of rotatable bonds is 5. The van der Waals surface area contributed by atoms with Crippen LogP contribution >= 0.6 is 11.6 Å². The van der Waals surface area contributed by atoms with Gasteiger partial charge in [-0.15, -0.1) is 0 Å². The molecule has 0 saturated heterocycles. The molecular formula is C15H18ClNO4. The molecule has 0 unspecified atom stereocenters. The molecule has 0 spiro atoms. The van der Waals surface area contributed by atoms with Gasteiger partial charge in [0.1, 0.15) is 5.75 Å². The lowest BCUT2D eigenvalue weighted by Crippen LogP contribution is -2.47. The van der Waals surface area contributed by atoms with E-state index in [1.165, 1.54) is 7.11 Å². The van der Waals surface area contributed by atoms with E-state index in [0.717, 1.165) is 12.8 Å². The zero-order valence-electron chi connectivity index (χ0n) is 11.8. The lowest BCUT2D eigenvalue weighted by atomic mass is 9.92. The Morgan fingerprint density at radius 1 is 1.38 bits per heavy atom. The van der Waals surface area contributed by atoms with Gasteiger partial charge in [-0.2, -0.15) is 0 Å². The van der Waals surface area contributed by atoms with Crippen LogP contribution in [0.4, 0.5) is 0 Å². The van der Waals surface area contributed by atoms with Gasteiger partial charge in [-0.05, 0) is 31.0 Å². The minimum absolute atomic E-state index is 0.0521. The molecule has 0 heterocycles.